The molecule has 2 aliphatic heterocycles. The van der Waals surface area contributed by atoms with Crippen molar-refractivity contribution in [2.45, 2.75) is 24.2 Å². The van der Waals surface area contributed by atoms with E-state index in [2.05, 4.69) is 15.9 Å². The van der Waals surface area contributed by atoms with Crippen LogP contribution in [0.4, 0.5) is 17.1 Å². The van der Waals surface area contributed by atoms with Crippen molar-refractivity contribution in [2.24, 2.45) is 23.7 Å². The van der Waals surface area contributed by atoms with Crippen LogP contribution in [0.15, 0.2) is 107 Å². The molecule has 2 aliphatic carbocycles. The molecule has 0 radical (unpaired) electrons. The predicted octanol–water partition coefficient (Wildman–Crippen LogP) is 7.09. The zero-order valence-electron chi connectivity index (χ0n) is 27.4. The van der Waals surface area contributed by atoms with Crippen molar-refractivity contribution in [3.63, 3.8) is 0 Å². The summed E-state index contributed by atoms with van der Waals surface area (Å²) in [5.74, 6) is -6.69. The van der Waals surface area contributed by atoms with Crippen molar-refractivity contribution in [2.75, 3.05) is 16.9 Å². The van der Waals surface area contributed by atoms with E-state index in [-0.39, 0.29) is 41.4 Å². The minimum absolute atomic E-state index is 0.0354. The Bertz CT molecular complexity index is 2260. The number of hydrogen-bond acceptors (Lipinski definition) is 8. The van der Waals surface area contributed by atoms with Gasteiger partial charge in [-0.2, -0.15) is 0 Å². The van der Waals surface area contributed by atoms with E-state index in [1.54, 1.807) is 66.7 Å². The second kappa shape index (κ2) is 12.4. The topological polar surface area (TPSA) is 147 Å². The number of carbonyl (C=O) groups is 4. The van der Waals surface area contributed by atoms with Crippen molar-refractivity contribution in [3.8, 4) is 11.5 Å². The highest BCUT2D eigenvalue weighted by molar-refractivity contribution is 9.10. The fourth-order valence-corrected chi connectivity index (χ4v) is 9.70. The molecule has 4 aromatic rings. The van der Waals surface area contributed by atoms with Crippen LogP contribution in [-0.2, 0) is 24.6 Å². The van der Waals surface area contributed by atoms with Gasteiger partial charge in [0.2, 0.25) is 23.6 Å². The monoisotopic (exact) mass is 781 g/mol. The van der Waals surface area contributed by atoms with Gasteiger partial charge in [0.15, 0.2) is 11.5 Å². The van der Waals surface area contributed by atoms with Crippen molar-refractivity contribution >= 4 is 68.2 Å². The number of benzene rings is 4. The Hall–Kier alpha value is -5.33. The van der Waals surface area contributed by atoms with Gasteiger partial charge in [-0.15, -0.1) is 0 Å². The number of fused-ring (bicyclic) bond motifs is 4. The van der Waals surface area contributed by atoms with Gasteiger partial charge in [-0.3, -0.25) is 29.3 Å². The number of aromatic hydroxyl groups is 1. The van der Waals surface area contributed by atoms with Crippen LogP contribution in [0.5, 0.6) is 11.5 Å². The first kappa shape index (κ1) is 33.8. The first-order valence-electron chi connectivity index (χ1n) is 16.6. The van der Waals surface area contributed by atoms with Gasteiger partial charge in [0.05, 0.1) is 46.6 Å². The molecule has 3 fully saturated rings. The molecular formula is C39H29BrClN3O8. The van der Waals surface area contributed by atoms with E-state index < -0.39 is 63.6 Å². The van der Waals surface area contributed by atoms with Gasteiger partial charge in [0, 0.05) is 33.1 Å². The Labute approximate surface area is 310 Å². The summed E-state index contributed by atoms with van der Waals surface area (Å²) in [7, 11) is 1.41. The first-order chi connectivity index (χ1) is 25.0. The van der Waals surface area contributed by atoms with Crippen molar-refractivity contribution < 1.29 is 33.9 Å². The number of rotatable bonds is 6. The Morgan fingerprint density at radius 2 is 1.60 bits per heavy atom. The number of anilines is 2. The SMILES string of the molecule is COc1cc(Br)cc([C@H]2C3=CC[C@@H]4C(=O)N(c5cccc([N+](=O)[O-])c5)C(=O)[C@@H]4[C@@H]3C[C@H]3C(=O)N(c4cccc(Cl)c4)C(=O)[C@@]23c2ccccc2)c1O. The van der Waals surface area contributed by atoms with E-state index >= 15 is 4.79 Å². The number of hydrogen-bond donors (Lipinski definition) is 1. The molecule has 0 spiro atoms. The lowest BCUT2D eigenvalue weighted by molar-refractivity contribution is -0.384. The molecule has 0 bridgehead atoms. The van der Waals surface area contributed by atoms with Gasteiger partial charge in [0.25, 0.3) is 5.69 Å². The summed E-state index contributed by atoms with van der Waals surface area (Å²) in [6.45, 7) is 0. The lowest BCUT2D eigenvalue weighted by Crippen LogP contribution is -2.53. The van der Waals surface area contributed by atoms with E-state index in [0.717, 1.165) is 9.80 Å². The number of carbonyl (C=O) groups excluding carboxylic acids is 4. The summed E-state index contributed by atoms with van der Waals surface area (Å²) in [6.07, 6.45) is 2.03. The number of nitrogens with zero attached hydrogens (tertiary/aromatic N) is 3. The highest BCUT2D eigenvalue weighted by Crippen LogP contribution is 2.66. The number of ether oxygens (including phenoxy) is 1. The van der Waals surface area contributed by atoms with E-state index in [0.29, 0.717) is 26.2 Å². The highest BCUT2D eigenvalue weighted by atomic mass is 79.9. The number of imide groups is 2. The Morgan fingerprint density at radius 1 is 0.885 bits per heavy atom. The lowest BCUT2D eigenvalue weighted by Gasteiger charge is -2.50. The van der Waals surface area contributed by atoms with Gasteiger partial charge >= 0.3 is 0 Å². The summed E-state index contributed by atoms with van der Waals surface area (Å²) in [5, 5.41) is 23.8. The van der Waals surface area contributed by atoms with Gasteiger partial charge in [0.1, 0.15) is 0 Å². The molecule has 13 heteroatoms. The number of amides is 4. The number of non-ortho nitro benzene ring substituents is 1. The Morgan fingerprint density at radius 3 is 2.29 bits per heavy atom. The summed E-state index contributed by atoms with van der Waals surface area (Å²) < 4.78 is 6.10. The maximum Gasteiger partial charge on any atom is 0.271 e. The Balaban J connectivity index is 1.37. The van der Waals surface area contributed by atoms with E-state index in [1.165, 1.54) is 31.4 Å². The minimum Gasteiger partial charge on any atom is -0.504 e. The fourth-order valence-electron chi connectivity index (χ4n) is 9.06. The van der Waals surface area contributed by atoms with Crippen LogP contribution in [0, 0.1) is 33.8 Å². The smallest absolute Gasteiger partial charge is 0.271 e. The average Bonchev–Trinajstić information content (AvgIpc) is 3.53. The van der Waals surface area contributed by atoms with Gasteiger partial charge < -0.3 is 9.84 Å². The van der Waals surface area contributed by atoms with Crippen LogP contribution in [0.3, 0.4) is 0 Å². The zero-order valence-corrected chi connectivity index (χ0v) is 29.8. The molecule has 2 heterocycles. The summed E-state index contributed by atoms with van der Waals surface area (Å²) in [4.78, 5) is 72.0. The molecule has 4 aromatic carbocycles. The molecule has 262 valence electrons. The molecule has 4 aliphatic rings. The molecule has 4 amide bonds. The second-order valence-electron chi connectivity index (χ2n) is 13.4. The number of methoxy groups -OCH3 is 1. The van der Waals surface area contributed by atoms with Crippen LogP contribution in [0.25, 0.3) is 0 Å². The normalized spacial score (nSPS) is 26.5. The number of halogens is 2. The van der Waals surface area contributed by atoms with Crippen LogP contribution < -0.4 is 14.5 Å². The van der Waals surface area contributed by atoms with Gasteiger partial charge in [-0.05, 0) is 60.7 Å². The minimum atomic E-state index is -1.61. The molecule has 1 N–H and O–H groups in total. The third kappa shape index (κ3) is 4.77. The van der Waals surface area contributed by atoms with Gasteiger partial charge in [-0.25, -0.2) is 9.80 Å². The molecule has 0 aromatic heterocycles. The van der Waals surface area contributed by atoms with Crippen LogP contribution in [-0.4, -0.2) is 40.8 Å². The lowest BCUT2D eigenvalue weighted by atomic mass is 9.49. The molecule has 8 rings (SSSR count). The molecule has 11 nitrogen and oxygen atoms in total. The van der Waals surface area contributed by atoms with Crippen LogP contribution in [0.1, 0.15) is 29.9 Å². The standard InChI is InChI=1S/C39H29BrClN3O8/c1-52-31-16-21(40)15-29(34(31)45)33-26-13-14-27-32(37(48)42(35(27)46)24-11-6-12-25(18-24)44(50)51)28(26)19-30-36(47)43(23-10-5-9-22(41)17-23)38(49)39(30,33)20-7-3-2-4-8-20/h2-13,15-18,27-28,30,32-33,45H,14,19H2,1H3/t27-,28+,30-,32-,33+,39+/m0/s1. The van der Waals surface area contributed by atoms with Crippen molar-refractivity contribution in [1.29, 1.82) is 0 Å². The van der Waals surface area contributed by atoms with Gasteiger partial charge in [-0.1, -0.05) is 81.6 Å². The van der Waals surface area contributed by atoms with E-state index in [9.17, 15) is 29.6 Å². The quantitative estimate of drug-likeness (QED) is 0.0944. The van der Waals surface area contributed by atoms with E-state index in [1.807, 2.05) is 6.08 Å². The second-order valence-corrected chi connectivity index (χ2v) is 14.8. The third-order valence-corrected chi connectivity index (χ3v) is 11.8. The summed E-state index contributed by atoms with van der Waals surface area (Å²) >= 11 is 9.92. The molecule has 6 atom stereocenters. The molecule has 52 heavy (non-hydrogen) atoms. The number of nitro groups is 1. The third-order valence-electron chi connectivity index (χ3n) is 11.1. The average molecular weight is 783 g/mol. The predicted molar refractivity (Wildman–Crippen MR) is 194 cm³/mol. The number of phenolic OH excluding ortho intramolecular Hbond substituents is 1. The molecule has 0 unspecified atom stereocenters. The maximum absolute atomic E-state index is 15.4. The largest absolute Gasteiger partial charge is 0.504 e. The summed E-state index contributed by atoms with van der Waals surface area (Å²) in [6, 6.07) is 24.1. The summed E-state index contributed by atoms with van der Waals surface area (Å²) in [5.41, 5.74) is -0.0404. The Kier molecular flexibility index (Phi) is 8.07. The van der Waals surface area contributed by atoms with E-state index in [4.69, 9.17) is 16.3 Å². The first-order valence-corrected chi connectivity index (χ1v) is 17.7. The number of phenols is 1. The number of nitro benzene ring substituents is 1. The maximum atomic E-state index is 15.4. The van der Waals surface area contributed by atoms with Crippen molar-refractivity contribution in [1.82, 2.24) is 0 Å². The molecule has 1 saturated carbocycles. The fraction of sp³-hybridized carbons (Fsp3) is 0.231. The van der Waals surface area contributed by atoms with Crippen LogP contribution >= 0.6 is 27.5 Å². The highest BCUT2D eigenvalue weighted by Gasteiger charge is 2.70. The molecule has 2 saturated heterocycles. The number of allylic oxidation sites excluding steroid dienone is 2. The molecular weight excluding hydrogens is 754 g/mol. The zero-order chi connectivity index (χ0) is 36.6. The van der Waals surface area contributed by atoms with Crippen LogP contribution in [0.2, 0.25) is 5.02 Å². The van der Waals surface area contributed by atoms with Crippen molar-refractivity contribution in [3.05, 3.63) is 133 Å².